The van der Waals surface area contributed by atoms with Crippen LogP contribution in [-0.4, -0.2) is 41.5 Å². The Morgan fingerprint density at radius 2 is 2.05 bits per heavy atom. The fraction of sp³-hybridized carbons (Fsp3) is 0.667. The molecule has 1 saturated carbocycles. The van der Waals surface area contributed by atoms with E-state index in [2.05, 4.69) is 34.3 Å². The van der Waals surface area contributed by atoms with Crippen LogP contribution >= 0.6 is 0 Å². The molecule has 0 amide bonds. The monoisotopic (exact) mass is 273 g/mol. The van der Waals surface area contributed by atoms with Crippen molar-refractivity contribution in [1.29, 1.82) is 5.26 Å². The molecule has 1 heterocycles. The number of anilines is 1. The Hall–Kier alpha value is -1.67. The highest BCUT2D eigenvalue weighted by Gasteiger charge is 2.25. The van der Waals surface area contributed by atoms with Gasteiger partial charge >= 0.3 is 0 Å². The van der Waals surface area contributed by atoms with E-state index in [0.29, 0.717) is 11.7 Å². The van der Waals surface area contributed by atoms with Gasteiger partial charge < -0.3 is 10.2 Å². The molecule has 1 aromatic heterocycles. The lowest BCUT2D eigenvalue weighted by molar-refractivity contribution is 0.179. The van der Waals surface area contributed by atoms with Gasteiger partial charge in [-0.3, -0.25) is 0 Å². The first kappa shape index (κ1) is 14.7. The first-order valence-electron chi connectivity index (χ1n) is 7.33. The zero-order valence-corrected chi connectivity index (χ0v) is 12.3. The van der Waals surface area contributed by atoms with Crippen LogP contribution in [0.15, 0.2) is 12.4 Å². The summed E-state index contributed by atoms with van der Waals surface area (Å²) >= 11 is 0. The molecular formula is C15H23N5. The van der Waals surface area contributed by atoms with Crippen molar-refractivity contribution in [3.05, 3.63) is 18.1 Å². The molecule has 1 aliphatic carbocycles. The van der Waals surface area contributed by atoms with Gasteiger partial charge in [0.05, 0.1) is 12.4 Å². The van der Waals surface area contributed by atoms with Crippen molar-refractivity contribution in [3.8, 4) is 6.07 Å². The summed E-state index contributed by atoms with van der Waals surface area (Å²) in [4.78, 5) is 10.5. The molecule has 1 aromatic rings. The second-order valence-corrected chi connectivity index (χ2v) is 5.71. The van der Waals surface area contributed by atoms with Crippen molar-refractivity contribution in [2.45, 2.75) is 38.1 Å². The fourth-order valence-electron chi connectivity index (χ4n) is 2.98. The molecule has 1 N–H and O–H groups in total. The molecule has 1 aliphatic rings. The van der Waals surface area contributed by atoms with Crippen molar-refractivity contribution in [2.24, 2.45) is 5.92 Å². The second kappa shape index (κ2) is 7.20. The molecule has 5 nitrogen and oxygen atoms in total. The lowest BCUT2D eigenvalue weighted by atomic mass is 9.83. The van der Waals surface area contributed by atoms with Crippen molar-refractivity contribution in [2.75, 3.05) is 26.0 Å². The normalized spacial score (nSPS) is 17.7. The maximum absolute atomic E-state index is 8.71. The summed E-state index contributed by atoms with van der Waals surface area (Å²) in [6.07, 6.45) is 9.87. The van der Waals surface area contributed by atoms with Crippen LogP contribution in [0.25, 0.3) is 0 Å². The largest absolute Gasteiger partial charge is 0.367 e. The summed E-state index contributed by atoms with van der Waals surface area (Å²) < 4.78 is 0. The highest BCUT2D eigenvalue weighted by Crippen LogP contribution is 2.28. The van der Waals surface area contributed by atoms with E-state index in [1.807, 2.05) is 6.07 Å². The first-order chi connectivity index (χ1) is 9.70. The lowest BCUT2D eigenvalue weighted by Gasteiger charge is -2.35. The van der Waals surface area contributed by atoms with Gasteiger partial charge in [0.2, 0.25) is 0 Å². The Kier molecular flexibility index (Phi) is 5.31. The third-order valence-corrected chi connectivity index (χ3v) is 4.12. The number of hydrogen-bond donors (Lipinski definition) is 1. The van der Waals surface area contributed by atoms with Crippen LogP contribution in [-0.2, 0) is 0 Å². The van der Waals surface area contributed by atoms with Crippen LogP contribution in [0, 0.1) is 17.2 Å². The summed E-state index contributed by atoms with van der Waals surface area (Å²) in [5.41, 5.74) is 0.354. The topological polar surface area (TPSA) is 64.8 Å². The molecule has 1 fully saturated rings. The Balaban J connectivity index is 1.92. The van der Waals surface area contributed by atoms with Gasteiger partial charge in [0, 0.05) is 12.6 Å². The molecule has 108 valence electrons. The molecule has 5 heteroatoms. The average molecular weight is 273 g/mol. The van der Waals surface area contributed by atoms with Gasteiger partial charge in [-0.15, -0.1) is 0 Å². The van der Waals surface area contributed by atoms with Crippen LogP contribution in [0.5, 0.6) is 0 Å². The highest BCUT2D eigenvalue weighted by molar-refractivity contribution is 5.33. The van der Waals surface area contributed by atoms with E-state index >= 15 is 0 Å². The average Bonchev–Trinajstić information content (AvgIpc) is 2.49. The number of rotatable bonds is 5. The van der Waals surface area contributed by atoms with Crippen LogP contribution in [0.4, 0.5) is 5.82 Å². The van der Waals surface area contributed by atoms with Gasteiger partial charge in [0.15, 0.2) is 5.69 Å². The van der Waals surface area contributed by atoms with Gasteiger partial charge in [-0.1, -0.05) is 19.3 Å². The van der Waals surface area contributed by atoms with Crippen LogP contribution in [0.1, 0.15) is 37.8 Å². The number of nitrogens with zero attached hydrogens (tertiary/aromatic N) is 4. The van der Waals surface area contributed by atoms with Crippen LogP contribution in [0.3, 0.4) is 0 Å². The fourth-order valence-corrected chi connectivity index (χ4v) is 2.98. The van der Waals surface area contributed by atoms with E-state index in [9.17, 15) is 0 Å². The van der Waals surface area contributed by atoms with Gasteiger partial charge in [-0.25, -0.2) is 9.97 Å². The smallest absolute Gasteiger partial charge is 0.158 e. The maximum Gasteiger partial charge on any atom is 0.158 e. The third-order valence-electron chi connectivity index (χ3n) is 4.12. The summed E-state index contributed by atoms with van der Waals surface area (Å²) in [7, 11) is 4.29. The van der Waals surface area contributed by atoms with E-state index in [4.69, 9.17) is 5.26 Å². The zero-order valence-electron chi connectivity index (χ0n) is 12.3. The molecule has 0 spiro atoms. The highest BCUT2D eigenvalue weighted by atomic mass is 15.1. The van der Waals surface area contributed by atoms with Crippen molar-refractivity contribution < 1.29 is 0 Å². The Morgan fingerprint density at radius 3 is 2.60 bits per heavy atom. The maximum atomic E-state index is 8.71. The Bertz CT molecular complexity index is 442. The van der Waals surface area contributed by atoms with E-state index in [0.717, 1.165) is 18.3 Å². The van der Waals surface area contributed by atoms with Gasteiger partial charge in [0.1, 0.15) is 11.9 Å². The molecule has 0 saturated heterocycles. The third kappa shape index (κ3) is 3.91. The quantitative estimate of drug-likeness (QED) is 0.891. The number of likely N-dealkylation sites (N-methyl/N-ethyl adjacent to an activating group) is 1. The molecular weight excluding hydrogens is 250 g/mol. The van der Waals surface area contributed by atoms with Crippen LogP contribution in [0.2, 0.25) is 0 Å². The zero-order chi connectivity index (χ0) is 14.4. The summed E-state index contributed by atoms with van der Waals surface area (Å²) in [5.74, 6) is 1.50. The van der Waals surface area contributed by atoms with Gasteiger partial charge in [-0.2, -0.15) is 5.26 Å². The summed E-state index contributed by atoms with van der Waals surface area (Å²) in [5, 5.41) is 12.1. The lowest BCUT2D eigenvalue weighted by Crippen LogP contribution is -2.41. The minimum atomic E-state index is 0.354. The Morgan fingerprint density at radius 1 is 1.30 bits per heavy atom. The molecule has 0 aromatic carbocycles. The van der Waals surface area contributed by atoms with Gasteiger partial charge in [0.25, 0.3) is 0 Å². The number of aromatic nitrogens is 2. The minimum absolute atomic E-state index is 0.354. The van der Waals surface area contributed by atoms with Crippen LogP contribution < -0.4 is 5.32 Å². The van der Waals surface area contributed by atoms with E-state index in [1.165, 1.54) is 38.3 Å². The Labute approximate surface area is 121 Å². The molecule has 2 rings (SSSR count). The standard InChI is InChI=1S/C15H23N5/c1-20(2)14(12-6-4-3-5-7-12)10-19-15-11-17-13(8-16)9-18-15/h9,11-12,14H,3-7,10H2,1-2H3,(H,18,19). The molecule has 20 heavy (non-hydrogen) atoms. The summed E-state index contributed by atoms with van der Waals surface area (Å²) in [6, 6.07) is 2.50. The predicted octanol–water partition coefficient (Wildman–Crippen LogP) is 2.27. The van der Waals surface area contributed by atoms with Crippen molar-refractivity contribution >= 4 is 5.82 Å². The molecule has 0 radical (unpaired) electrons. The predicted molar refractivity (Wildman–Crippen MR) is 79.3 cm³/mol. The molecule has 1 unspecified atom stereocenters. The molecule has 0 bridgehead atoms. The minimum Gasteiger partial charge on any atom is -0.367 e. The molecule has 0 aliphatic heterocycles. The molecule has 1 atom stereocenters. The summed E-state index contributed by atoms with van der Waals surface area (Å²) in [6.45, 7) is 0.873. The number of nitrogens with one attached hydrogen (secondary N) is 1. The number of nitriles is 1. The SMILES string of the molecule is CN(C)C(CNc1cnc(C#N)cn1)C1CCCCC1. The van der Waals surface area contributed by atoms with E-state index < -0.39 is 0 Å². The van der Waals surface area contributed by atoms with Gasteiger partial charge in [-0.05, 0) is 32.9 Å². The second-order valence-electron chi connectivity index (χ2n) is 5.71. The number of hydrogen-bond acceptors (Lipinski definition) is 5. The van der Waals surface area contributed by atoms with E-state index in [1.54, 1.807) is 6.20 Å². The first-order valence-corrected chi connectivity index (χ1v) is 7.33. The van der Waals surface area contributed by atoms with Crippen molar-refractivity contribution in [3.63, 3.8) is 0 Å². The van der Waals surface area contributed by atoms with E-state index in [-0.39, 0.29) is 0 Å². The van der Waals surface area contributed by atoms with Crippen molar-refractivity contribution in [1.82, 2.24) is 14.9 Å².